The van der Waals surface area contributed by atoms with E-state index in [1.54, 1.807) is 0 Å². The molecule has 1 aliphatic carbocycles. The highest BCUT2D eigenvalue weighted by molar-refractivity contribution is 7.96. The van der Waals surface area contributed by atoms with E-state index >= 15 is 0 Å². The molecule has 0 saturated heterocycles. The van der Waals surface area contributed by atoms with Gasteiger partial charge in [-0.25, -0.2) is 4.99 Å². The second-order valence-corrected chi connectivity index (χ2v) is 3.82. The zero-order valence-corrected chi connectivity index (χ0v) is 7.80. The molecule has 3 nitrogen and oxygen atoms in total. The highest BCUT2D eigenvalue weighted by atomic mass is 32.1. The number of amidine groups is 2. The van der Waals surface area contributed by atoms with Crippen molar-refractivity contribution in [2.24, 2.45) is 21.6 Å². The largest absolute Gasteiger partial charge is 0.387 e. The third-order valence-corrected chi connectivity index (χ3v) is 2.84. The molecule has 0 aromatic carbocycles. The van der Waals surface area contributed by atoms with Crippen LogP contribution in [-0.2, 0) is 0 Å². The summed E-state index contributed by atoms with van der Waals surface area (Å²) in [7, 11) is 0. The molecule has 66 valence electrons. The molecule has 2 atom stereocenters. The highest BCUT2D eigenvalue weighted by Crippen LogP contribution is 2.29. The summed E-state index contributed by atoms with van der Waals surface area (Å²) in [5.41, 5.74) is 5.80. The summed E-state index contributed by atoms with van der Waals surface area (Å²) in [6, 6.07) is 0.365. The standard InChI is InChI=1S/C8H13N3S/c9-7-5-3-1-2-4-6(5)10-8(12)11-7/h5-6H,1-4H2,(H3,9,10,11,12). The first-order valence-electron chi connectivity index (χ1n) is 4.38. The molecule has 1 heterocycles. The van der Waals surface area contributed by atoms with Crippen molar-refractivity contribution >= 4 is 23.6 Å². The van der Waals surface area contributed by atoms with E-state index < -0.39 is 0 Å². The average Bonchev–Trinajstić information content (AvgIpc) is 2.04. The van der Waals surface area contributed by atoms with Gasteiger partial charge in [-0.1, -0.05) is 12.8 Å². The summed E-state index contributed by atoms with van der Waals surface area (Å²) in [6.45, 7) is 0. The Morgan fingerprint density at radius 1 is 1.33 bits per heavy atom. The second-order valence-electron chi connectivity index (χ2n) is 3.42. The van der Waals surface area contributed by atoms with Crippen LogP contribution in [0.2, 0.25) is 0 Å². The molecule has 1 saturated carbocycles. The van der Waals surface area contributed by atoms with Crippen LogP contribution in [0.15, 0.2) is 9.98 Å². The van der Waals surface area contributed by atoms with Crippen LogP contribution in [0.3, 0.4) is 0 Å². The van der Waals surface area contributed by atoms with Crippen LogP contribution < -0.4 is 5.73 Å². The van der Waals surface area contributed by atoms with E-state index in [0.717, 1.165) is 18.7 Å². The van der Waals surface area contributed by atoms with Crippen LogP contribution in [0.1, 0.15) is 25.7 Å². The molecule has 2 rings (SSSR count). The molecule has 2 unspecified atom stereocenters. The van der Waals surface area contributed by atoms with E-state index in [1.165, 1.54) is 12.8 Å². The maximum atomic E-state index is 5.80. The fourth-order valence-electron chi connectivity index (χ4n) is 1.99. The van der Waals surface area contributed by atoms with Crippen LogP contribution in [0.4, 0.5) is 0 Å². The summed E-state index contributed by atoms with van der Waals surface area (Å²) in [5, 5.41) is 0.552. The number of thiol groups is 1. The minimum Gasteiger partial charge on any atom is -0.387 e. The van der Waals surface area contributed by atoms with Crippen LogP contribution in [-0.4, -0.2) is 17.0 Å². The quantitative estimate of drug-likeness (QED) is 0.545. The van der Waals surface area contributed by atoms with Gasteiger partial charge in [-0.05, 0) is 12.8 Å². The van der Waals surface area contributed by atoms with Crippen molar-refractivity contribution in [1.82, 2.24) is 0 Å². The lowest BCUT2D eigenvalue weighted by Crippen LogP contribution is -2.38. The lowest BCUT2D eigenvalue weighted by molar-refractivity contribution is 0.378. The first-order valence-corrected chi connectivity index (χ1v) is 4.83. The van der Waals surface area contributed by atoms with Gasteiger partial charge in [0.2, 0.25) is 0 Å². The first kappa shape index (κ1) is 8.10. The summed E-state index contributed by atoms with van der Waals surface area (Å²) < 4.78 is 0. The van der Waals surface area contributed by atoms with E-state index in [2.05, 4.69) is 22.6 Å². The number of nitrogens with two attached hydrogens (primary N) is 1. The molecular weight excluding hydrogens is 170 g/mol. The van der Waals surface area contributed by atoms with E-state index in [4.69, 9.17) is 5.73 Å². The van der Waals surface area contributed by atoms with E-state index in [0.29, 0.717) is 17.1 Å². The lowest BCUT2D eigenvalue weighted by Gasteiger charge is -2.30. The van der Waals surface area contributed by atoms with Crippen LogP contribution in [0, 0.1) is 5.92 Å². The van der Waals surface area contributed by atoms with Gasteiger partial charge in [-0.3, -0.25) is 4.99 Å². The normalized spacial score (nSPS) is 35.1. The molecule has 0 aromatic rings. The van der Waals surface area contributed by atoms with Gasteiger partial charge in [-0.15, -0.1) is 12.6 Å². The number of hydrogen-bond donors (Lipinski definition) is 2. The van der Waals surface area contributed by atoms with Crippen LogP contribution >= 0.6 is 12.6 Å². The third-order valence-electron chi connectivity index (χ3n) is 2.62. The van der Waals surface area contributed by atoms with Gasteiger partial charge in [0.15, 0.2) is 5.17 Å². The van der Waals surface area contributed by atoms with Crippen LogP contribution in [0.25, 0.3) is 0 Å². The Kier molecular flexibility index (Phi) is 2.09. The Hall–Kier alpha value is -0.510. The fourth-order valence-corrected chi connectivity index (χ4v) is 2.25. The van der Waals surface area contributed by atoms with Crippen molar-refractivity contribution < 1.29 is 0 Å². The minimum absolute atomic E-state index is 0.365. The monoisotopic (exact) mass is 183 g/mol. The minimum atomic E-state index is 0.365. The molecule has 0 radical (unpaired) electrons. The summed E-state index contributed by atoms with van der Waals surface area (Å²) in [5.74, 6) is 1.13. The van der Waals surface area contributed by atoms with Crippen molar-refractivity contribution in [3.8, 4) is 0 Å². The lowest BCUT2D eigenvalue weighted by atomic mass is 9.83. The molecule has 2 N–H and O–H groups in total. The molecule has 2 aliphatic rings. The van der Waals surface area contributed by atoms with Crippen LogP contribution in [0.5, 0.6) is 0 Å². The Labute approximate surface area is 77.6 Å². The van der Waals surface area contributed by atoms with E-state index in [1.807, 2.05) is 0 Å². The maximum Gasteiger partial charge on any atom is 0.181 e. The second kappa shape index (κ2) is 3.09. The van der Waals surface area contributed by atoms with Gasteiger partial charge >= 0.3 is 0 Å². The fraction of sp³-hybridized carbons (Fsp3) is 0.750. The Bertz CT molecular complexity index is 247. The van der Waals surface area contributed by atoms with Crippen molar-refractivity contribution in [1.29, 1.82) is 0 Å². The molecule has 1 aliphatic heterocycles. The highest BCUT2D eigenvalue weighted by Gasteiger charge is 2.30. The van der Waals surface area contributed by atoms with Crippen molar-refractivity contribution in [3.05, 3.63) is 0 Å². The molecule has 0 bridgehead atoms. The predicted molar refractivity (Wildman–Crippen MR) is 53.8 cm³/mol. The van der Waals surface area contributed by atoms with Gasteiger partial charge in [0, 0.05) is 5.92 Å². The molecule has 0 aromatic heterocycles. The van der Waals surface area contributed by atoms with Gasteiger partial charge in [0.05, 0.1) is 6.04 Å². The van der Waals surface area contributed by atoms with Gasteiger partial charge in [-0.2, -0.15) is 0 Å². The number of aliphatic imine (C=N–C) groups is 2. The molecule has 1 fully saturated rings. The van der Waals surface area contributed by atoms with Crippen molar-refractivity contribution in [3.63, 3.8) is 0 Å². The predicted octanol–water partition coefficient (Wildman–Crippen LogP) is 1.20. The molecule has 4 heteroatoms. The number of fused-ring (bicyclic) bond motifs is 1. The van der Waals surface area contributed by atoms with Gasteiger partial charge in [0.1, 0.15) is 5.84 Å². The first-order chi connectivity index (χ1) is 5.77. The van der Waals surface area contributed by atoms with E-state index in [-0.39, 0.29) is 0 Å². The Morgan fingerprint density at radius 2 is 2.08 bits per heavy atom. The SMILES string of the molecule is NC1=NC(S)=NC2CCCCC12. The summed E-state index contributed by atoms with van der Waals surface area (Å²) >= 11 is 4.12. The zero-order chi connectivity index (χ0) is 8.55. The zero-order valence-electron chi connectivity index (χ0n) is 6.90. The summed E-state index contributed by atoms with van der Waals surface area (Å²) in [6.07, 6.45) is 4.81. The molecule has 0 spiro atoms. The van der Waals surface area contributed by atoms with Crippen molar-refractivity contribution in [2.45, 2.75) is 31.7 Å². The number of nitrogens with zero attached hydrogens (tertiary/aromatic N) is 2. The third kappa shape index (κ3) is 1.35. The topological polar surface area (TPSA) is 50.7 Å². The average molecular weight is 183 g/mol. The number of hydrogen-bond acceptors (Lipinski definition) is 3. The molecule has 12 heavy (non-hydrogen) atoms. The van der Waals surface area contributed by atoms with Gasteiger partial charge in [0.25, 0.3) is 0 Å². The molecular formula is C8H13N3S. The smallest absolute Gasteiger partial charge is 0.181 e. The number of rotatable bonds is 0. The Morgan fingerprint density at radius 3 is 2.92 bits per heavy atom. The van der Waals surface area contributed by atoms with Gasteiger partial charge < -0.3 is 5.73 Å². The molecule has 0 amide bonds. The summed E-state index contributed by atoms with van der Waals surface area (Å²) in [4.78, 5) is 8.44. The Balaban J connectivity index is 2.21. The maximum absolute atomic E-state index is 5.80. The van der Waals surface area contributed by atoms with E-state index in [9.17, 15) is 0 Å². The van der Waals surface area contributed by atoms with Crippen molar-refractivity contribution in [2.75, 3.05) is 0 Å².